The van der Waals surface area contributed by atoms with Crippen LogP contribution in [0, 0.1) is 0 Å². The molecule has 0 saturated heterocycles. The number of anilines is 3. The molecule has 0 saturated carbocycles. The number of nitrogens with zero attached hydrogens (tertiary/aromatic N) is 3. The van der Waals surface area contributed by atoms with Crippen LogP contribution in [0.4, 0.5) is 35.2 Å². The Kier molecular flexibility index (Phi) is 8.41. The van der Waals surface area contributed by atoms with Gasteiger partial charge < -0.3 is 26.2 Å². The summed E-state index contributed by atoms with van der Waals surface area (Å²) in [6.07, 6.45) is -0.597. The number of carbonyl (C=O) groups is 1. The van der Waals surface area contributed by atoms with Gasteiger partial charge in [0.2, 0.25) is 0 Å². The molecule has 0 spiro atoms. The lowest BCUT2D eigenvalue weighted by atomic mass is 9.99. The maximum absolute atomic E-state index is 13.4. The van der Waals surface area contributed by atoms with E-state index < -0.39 is 17.8 Å². The molecule has 2 heterocycles. The first kappa shape index (κ1) is 29.3. The number of pyridine rings is 1. The van der Waals surface area contributed by atoms with E-state index in [2.05, 4.69) is 25.6 Å². The highest BCUT2D eigenvalue weighted by Crippen LogP contribution is 2.36. The van der Waals surface area contributed by atoms with E-state index in [-0.39, 0.29) is 24.0 Å². The molecule has 2 amide bonds. The van der Waals surface area contributed by atoms with Crippen molar-refractivity contribution in [3.8, 4) is 34.0 Å². The summed E-state index contributed by atoms with van der Waals surface area (Å²) in [4.78, 5) is 25.0. The standard InChI is InChI=1S/C30H22ClF3N6O3/c31-21-12-25(27(35)36-13-21)18-4-7-23(8-5-18)43-29-37-14-22(15-38-29)39-28(42)40-26-11-20(30(32,33)34)6-9-24(26)19-3-1-2-17(10-19)16-41/h1-15,41H,16H2,(H2,35,36)(H2,39,40,42). The molecule has 0 aliphatic heterocycles. The second-order valence-electron chi connectivity index (χ2n) is 9.16. The van der Waals surface area contributed by atoms with E-state index in [0.717, 1.165) is 17.7 Å². The number of nitrogens with two attached hydrogens (primary N) is 1. The van der Waals surface area contributed by atoms with E-state index in [1.165, 1.54) is 24.7 Å². The smallest absolute Gasteiger partial charge is 0.416 e. The molecule has 5 rings (SSSR count). The molecule has 0 unspecified atom stereocenters. The summed E-state index contributed by atoms with van der Waals surface area (Å²) >= 11 is 6.02. The van der Waals surface area contributed by atoms with Gasteiger partial charge in [-0.15, -0.1) is 0 Å². The number of rotatable bonds is 7. The number of aromatic nitrogens is 3. The van der Waals surface area contributed by atoms with Crippen molar-refractivity contribution in [3.05, 3.63) is 108 Å². The van der Waals surface area contributed by atoms with Gasteiger partial charge >= 0.3 is 18.2 Å². The van der Waals surface area contributed by atoms with Gasteiger partial charge in [0.1, 0.15) is 11.6 Å². The number of aliphatic hydroxyl groups excluding tert-OH is 1. The Labute approximate surface area is 248 Å². The SMILES string of the molecule is Nc1ncc(Cl)cc1-c1ccc(Oc2ncc(NC(=O)Nc3cc(C(F)(F)F)ccc3-c3cccc(CO)c3)cn2)cc1. The van der Waals surface area contributed by atoms with Crippen LogP contribution in [0.1, 0.15) is 11.1 Å². The topological polar surface area (TPSA) is 135 Å². The number of amides is 2. The van der Waals surface area contributed by atoms with Crippen molar-refractivity contribution in [1.29, 1.82) is 0 Å². The molecule has 0 fully saturated rings. The number of nitrogens with one attached hydrogen (secondary N) is 2. The Morgan fingerprint density at radius 3 is 2.33 bits per heavy atom. The van der Waals surface area contributed by atoms with Crippen molar-refractivity contribution in [1.82, 2.24) is 15.0 Å². The largest absolute Gasteiger partial charge is 0.424 e. The number of aliphatic hydroxyl groups is 1. The molecule has 43 heavy (non-hydrogen) atoms. The molecule has 0 aliphatic rings. The zero-order chi connectivity index (χ0) is 30.6. The number of halogens is 4. The molecule has 3 aromatic carbocycles. The minimum Gasteiger partial charge on any atom is -0.424 e. The monoisotopic (exact) mass is 606 g/mol. The Morgan fingerprint density at radius 2 is 1.63 bits per heavy atom. The molecule has 13 heteroatoms. The number of hydrogen-bond acceptors (Lipinski definition) is 7. The Morgan fingerprint density at radius 1 is 0.884 bits per heavy atom. The number of benzene rings is 3. The molecule has 218 valence electrons. The molecule has 0 bridgehead atoms. The first-order chi connectivity index (χ1) is 20.6. The summed E-state index contributed by atoms with van der Waals surface area (Å²) in [5.41, 5.74) is 7.93. The summed E-state index contributed by atoms with van der Waals surface area (Å²) in [6.45, 7) is -0.251. The lowest BCUT2D eigenvalue weighted by Crippen LogP contribution is -2.20. The average molecular weight is 607 g/mol. The fraction of sp³-hybridized carbons (Fsp3) is 0.0667. The van der Waals surface area contributed by atoms with Gasteiger partial charge in [0.05, 0.1) is 41.0 Å². The summed E-state index contributed by atoms with van der Waals surface area (Å²) in [5.74, 6) is 0.756. The van der Waals surface area contributed by atoms with E-state index in [9.17, 15) is 23.1 Å². The highest BCUT2D eigenvalue weighted by atomic mass is 35.5. The van der Waals surface area contributed by atoms with E-state index in [1.54, 1.807) is 54.6 Å². The predicted molar refractivity (Wildman–Crippen MR) is 157 cm³/mol. The summed E-state index contributed by atoms with van der Waals surface area (Å²) in [6, 6.07) is 17.4. The third-order valence-electron chi connectivity index (χ3n) is 6.16. The van der Waals surface area contributed by atoms with Crippen molar-refractivity contribution in [2.45, 2.75) is 12.8 Å². The fourth-order valence-corrected chi connectivity index (χ4v) is 4.28. The van der Waals surface area contributed by atoms with Crippen LogP contribution in [0.5, 0.6) is 11.8 Å². The number of nitrogen functional groups attached to an aromatic ring is 1. The number of urea groups is 1. The van der Waals surface area contributed by atoms with Gasteiger partial charge in [0, 0.05) is 17.3 Å². The fourth-order valence-electron chi connectivity index (χ4n) is 4.12. The molecule has 9 nitrogen and oxygen atoms in total. The maximum Gasteiger partial charge on any atom is 0.416 e. The first-order valence-electron chi connectivity index (χ1n) is 12.6. The zero-order valence-electron chi connectivity index (χ0n) is 22.1. The van der Waals surface area contributed by atoms with E-state index in [0.29, 0.717) is 38.8 Å². The van der Waals surface area contributed by atoms with Crippen LogP contribution >= 0.6 is 11.6 Å². The summed E-state index contributed by atoms with van der Waals surface area (Å²) in [5, 5.41) is 14.9. The van der Waals surface area contributed by atoms with Crippen LogP contribution in [0.25, 0.3) is 22.3 Å². The number of alkyl halides is 3. The van der Waals surface area contributed by atoms with Gasteiger partial charge in [0.15, 0.2) is 0 Å². The third kappa shape index (κ3) is 7.18. The zero-order valence-corrected chi connectivity index (χ0v) is 22.8. The van der Waals surface area contributed by atoms with Crippen molar-refractivity contribution in [2.75, 3.05) is 16.4 Å². The van der Waals surface area contributed by atoms with E-state index in [4.69, 9.17) is 22.1 Å². The normalized spacial score (nSPS) is 11.2. The van der Waals surface area contributed by atoms with Gasteiger partial charge in [-0.3, -0.25) is 0 Å². The lowest BCUT2D eigenvalue weighted by Gasteiger charge is -2.16. The molecule has 0 atom stereocenters. The lowest BCUT2D eigenvalue weighted by molar-refractivity contribution is -0.137. The first-order valence-corrected chi connectivity index (χ1v) is 13.0. The number of ether oxygens (including phenoxy) is 1. The van der Waals surface area contributed by atoms with E-state index in [1.807, 2.05) is 0 Å². The highest BCUT2D eigenvalue weighted by molar-refractivity contribution is 6.30. The second-order valence-corrected chi connectivity index (χ2v) is 9.60. The van der Waals surface area contributed by atoms with Crippen LogP contribution in [-0.2, 0) is 12.8 Å². The summed E-state index contributed by atoms with van der Waals surface area (Å²) in [7, 11) is 0. The molecule has 5 aromatic rings. The number of carbonyl (C=O) groups excluding carboxylic acids is 1. The Hall–Kier alpha value is -5.20. The molecular formula is C30H22ClF3N6O3. The molecule has 0 aliphatic carbocycles. The quantitative estimate of drug-likeness (QED) is 0.152. The molecule has 2 aromatic heterocycles. The number of hydrogen-bond donors (Lipinski definition) is 4. The predicted octanol–water partition coefficient (Wildman–Crippen LogP) is 7.39. The van der Waals surface area contributed by atoms with Crippen LogP contribution in [0.3, 0.4) is 0 Å². The van der Waals surface area contributed by atoms with Gasteiger partial charge in [-0.25, -0.2) is 19.7 Å². The average Bonchev–Trinajstić information content (AvgIpc) is 2.99. The minimum absolute atomic E-state index is 0.00780. The van der Waals surface area contributed by atoms with Crippen molar-refractivity contribution in [3.63, 3.8) is 0 Å². The molecule has 0 radical (unpaired) electrons. The second kappa shape index (κ2) is 12.3. The molecular weight excluding hydrogens is 585 g/mol. The summed E-state index contributed by atoms with van der Waals surface area (Å²) < 4.78 is 45.9. The van der Waals surface area contributed by atoms with Crippen LogP contribution in [-0.4, -0.2) is 26.1 Å². The van der Waals surface area contributed by atoms with Gasteiger partial charge in [-0.1, -0.05) is 48.0 Å². The Balaban J connectivity index is 1.27. The van der Waals surface area contributed by atoms with Gasteiger partial charge in [-0.05, 0) is 53.1 Å². The van der Waals surface area contributed by atoms with Crippen LogP contribution in [0.15, 0.2) is 91.4 Å². The maximum atomic E-state index is 13.4. The minimum atomic E-state index is -4.62. The van der Waals surface area contributed by atoms with Crippen LogP contribution < -0.4 is 21.1 Å². The van der Waals surface area contributed by atoms with E-state index >= 15 is 0 Å². The van der Waals surface area contributed by atoms with Crippen molar-refractivity contribution < 1.29 is 27.8 Å². The van der Waals surface area contributed by atoms with Gasteiger partial charge in [0.25, 0.3) is 0 Å². The highest BCUT2D eigenvalue weighted by Gasteiger charge is 2.31. The van der Waals surface area contributed by atoms with Crippen LogP contribution in [0.2, 0.25) is 5.02 Å². The van der Waals surface area contributed by atoms with Gasteiger partial charge in [-0.2, -0.15) is 13.2 Å². The third-order valence-corrected chi connectivity index (χ3v) is 6.37. The Bertz CT molecular complexity index is 1770. The van der Waals surface area contributed by atoms with Crippen molar-refractivity contribution >= 4 is 34.8 Å². The molecule has 5 N–H and O–H groups in total. The van der Waals surface area contributed by atoms with Crippen molar-refractivity contribution in [2.24, 2.45) is 0 Å².